The molecule has 0 heterocycles. The summed E-state index contributed by atoms with van der Waals surface area (Å²) in [5.41, 5.74) is 0.106. The van der Waals surface area contributed by atoms with E-state index < -0.39 is 4.92 Å². The normalized spacial score (nSPS) is 10.2. The van der Waals surface area contributed by atoms with Crippen LogP contribution in [-0.4, -0.2) is 28.8 Å². The van der Waals surface area contributed by atoms with E-state index in [1.165, 1.54) is 18.2 Å². The lowest BCUT2D eigenvalue weighted by Crippen LogP contribution is -2.35. The lowest BCUT2D eigenvalue weighted by molar-refractivity contribution is -0.384. The lowest BCUT2D eigenvalue weighted by atomic mass is 10.1. The molecule has 0 fully saturated rings. The number of benzene rings is 1. The summed E-state index contributed by atoms with van der Waals surface area (Å²) in [5, 5.41) is 19.5. The van der Waals surface area contributed by atoms with Crippen LogP contribution in [0.3, 0.4) is 0 Å². The zero-order valence-corrected chi connectivity index (χ0v) is 13.5. The third-order valence-electron chi connectivity index (χ3n) is 2.76. The van der Waals surface area contributed by atoms with Gasteiger partial charge in [-0.05, 0) is 27.9 Å². The van der Waals surface area contributed by atoms with Gasteiger partial charge < -0.3 is 4.90 Å². The quantitative estimate of drug-likeness (QED) is 0.579. The Balaban J connectivity index is 3.10. The first kappa shape index (κ1) is 17.1. The maximum atomic E-state index is 12.5. The highest BCUT2D eigenvalue weighted by molar-refractivity contribution is 9.10. The lowest BCUT2D eigenvalue weighted by Gasteiger charge is -2.24. The molecule has 0 saturated carbocycles. The molecule has 6 nitrogen and oxygen atoms in total. The number of carbonyl (C=O) groups excluding carboxylic acids is 1. The Morgan fingerprint density at radius 2 is 2.19 bits per heavy atom. The van der Waals surface area contributed by atoms with Crippen LogP contribution in [0.25, 0.3) is 0 Å². The maximum absolute atomic E-state index is 12.5. The number of hydrogen-bond donors (Lipinski definition) is 0. The Kier molecular flexibility index (Phi) is 6.31. The van der Waals surface area contributed by atoms with Gasteiger partial charge in [0.2, 0.25) is 0 Å². The number of nitro groups is 1. The summed E-state index contributed by atoms with van der Waals surface area (Å²) in [6.45, 7) is 4.74. The Morgan fingerprint density at radius 1 is 1.52 bits per heavy atom. The molecule has 1 aromatic carbocycles. The fourth-order valence-electron chi connectivity index (χ4n) is 1.86. The Hall–Kier alpha value is -1.94. The highest BCUT2D eigenvalue weighted by Crippen LogP contribution is 2.24. The molecule has 0 saturated heterocycles. The van der Waals surface area contributed by atoms with Gasteiger partial charge in [0.1, 0.15) is 0 Å². The Labute approximate surface area is 131 Å². The first-order valence-electron chi connectivity index (χ1n) is 6.47. The van der Waals surface area contributed by atoms with Crippen molar-refractivity contribution in [3.05, 3.63) is 38.3 Å². The summed E-state index contributed by atoms with van der Waals surface area (Å²) >= 11 is 3.25. The van der Waals surface area contributed by atoms with Gasteiger partial charge in [-0.2, -0.15) is 5.26 Å². The monoisotopic (exact) mass is 353 g/mol. The highest BCUT2D eigenvalue weighted by Gasteiger charge is 2.21. The molecule has 0 unspecified atom stereocenters. The van der Waals surface area contributed by atoms with Crippen molar-refractivity contribution in [2.75, 3.05) is 13.1 Å². The third-order valence-corrected chi connectivity index (χ3v) is 3.45. The van der Waals surface area contributed by atoms with Crippen molar-refractivity contribution in [2.45, 2.75) is 20.3 Å². The molecule has 1 rings (SSSR count). The predicted octanol–water partition coefficient (Wildman–Crippen LogP) is 3.37. The molecule has 0 bridgehead atoms. The van der Waals surface area contributed by atoms with Crippen LogP contribution in [0.15, 0.2) is 22.7 Å². The van der Waals surface area contributed by atoms with Gasteiger partial charge in [-0.25, -0.2) is 0 Å². The molecular formula is C14H16BrN3O3. The second kappa shape index (κ2) is 7.74. The topological polar surface area (TPSA) is 87.2 Å². The van der Waals surface area contributed by atoms with Crippen molar-refractivity contribution in [3.63, 3.8) is 0 Å². The predicted molar refractivity (Wildman–Crippen MR) is 81.8 cm³/mol. The minimum Gasteiger partial charge on any atom is -0.337 e. The Bertz CT molecular complexity index is 581. The average molecular weight is 354 g/mol. The summed E-state index contributed by atoms with van der Waals surface area (Å²) < 4.78 is 0.504. The molecule has 112 valence electrons. The number of nitriles is 1. The van der Waals surface area contributed by atoms with Crippen molar-refractivity contribution in [1.82, 2.24) is 4.90 Å². The van der Waals surface area contributed by atoms with Crippen molar-refractivity contribution < 1.29 is 9.72 Å². The van der Waals surface area contributed by atoms with Crippen LogP contribution in [0.4, 0.5) is 5.69 Å². The molecule has 0 N–H and O–H groups in total. The van der Waals surface area contributed by atoms with Gasteiger partial charge in [-0.1, -0.05) is 13.8 Å². The second-order valence-electron chi connectivity index (χ2n) is 4.97. The van der Waals surface area contributed by atoms with Gasteiger partial charge >= 0.3 is 0 Å². The second-order valence-corrected chi connectivity index (χ2v) is 5.83. The van der Waals surface area contributed by atoms with Crippen LogP contribution in [0.5, 0.6) is 0 Å². The molecular weight excluding hydrogens is 338 g/mol. The molecule has 7 heteroatoms. The summed E-state index contributed by atoms with van der Waals surface area (Å²) in [7, 11) is 0. The fraction of sp³-hybridized carbons (Fsp3) is 0.429. The minimum atomic E-state index is -0.536. The van der Waals surface area contributed by atoms with Crippen molar-refractivity contribution >= 4 is 27.5 Å². The van der Waals surface area contributed by atoms with E-state index in [9.17, 15) is 14.9 Å². The van der Waals surface area contributed by atoms with Crippen LogP contribution in [0.2, 0.25) is 0 Å². The van der Waals surface area contributed by atoms with E-state index in [0.717, 1.165) is 0 Å². The van der Waals surface area contributed by atoms with Crippen LogP contribution >= 0.6 is 15.9 Å². The van der Waals surface area contributed by atoms with E-state index in [0.29, 0.717) is 17.6 Å². The van der Waals surface area contributed by atoms with Gasteiger partial charge in [0.25, 0.3) is 11.6 Å². The zero-order chi connectivity index (χ0) is 16.0. The van der Waals surface area contributed by atoms with Crippen LogP contribution < -0.4 is 0 Å². The zero-order valence-electron chi connectivity index (χ0n) is 11.9. The first-order chi connectivity index (χ1) is 9.86. The molecule has 1 aromatic rings. The molecule has 1 amide bonds. The largest absolute Gasteiger partial charge is 0.337 e. The van der Waals surface area contributed by atoms with Crippen LogP contribution in [-0.2, 0) is 0 Å². The fourth-order valence-corrected chi connectivity index (χ4v) is 2.28. The number of nitrogens with zero attached hydrogens (tertiary/aromatic N) is 3. The van der Waals surface area contributed by atoms with Gasteiger partial charge in [0.05, 0.1) is 23.0 Å². The molecule has 0 radical (unpaired) electrons. The van der Waals surface area contributed by atoms with E-state index in [1.54, 1.807) is 4.90 Å². The summed E-state index contributed by atoms with van der Waals surface area (Å²) in [6, 6.07) is 6.09. The number of rotatable bonds is 6. The number of nitro benzene ring substituents is 1. The molecule has 0 aliphatic carbocycles. The molecule has 0 aliphatic rings. The van der Waals surface area contributed by atoms with Gasteiger partial charge in [-0.3, -0.25) is 14.9 Å². The van der Waals surface area contributed by atoms with Crippen LogP contribution in [0.1, 0.15) is 30.6 Å². The van der Waals surface area contributed by atoms with Crippen molar-refractivity contribution in [1.29, 1.82) is 5.26 Å². The Morgan fingerprint density at radius 3 is 2.71 bits per heavy atom. The highest BCUT2D eigenvalue weighted by atomic mass is 79.9. The summed E-state index contributed by atoms with van der Waals surface area (Å²) in [5.74, 6) is -0.0698. The molecule has 21 heavy (non-hydrogen) atoms. The first-order valence-corrected chi connectivity index (χ1v) is 7.26. The molecule has 0 aromatic heterocycles. The van der Waals surface area contributed by atoms with E-state index in [2.05, 4.69) is 15.9 Å². The van der Waals surface area contributed by atoms with Crippen molar-refractivity contribution in [3.8, 4) is 6.07 Å². The van der Waals surface area contributed by atoms with Gasteiger partial charge in [-0.15, -0.1) is 0 Å². The van der Waals surface area contributed by atoms with E-state index in [4.69, 9.17) is 5.26 Å². The van der Waals surface area contributed by atoms with E-state index in [-0.39, 0.29) is 29.5 Å². The standard InChI is InChI=1S/C14H16BrN3O3/c1-10(2)9-17(7-3-6-16)14(19)12-8-11(18(20)21)4-5-13(12)15/h4-5,8,10H,3,7,9H2,1-2H3. The van der Waals surface area contributed by atoms with E-state index >= 15 is 0 Å². The smallest absolute Gasteiger partial charge is 0.270 e. The van der Waals surface area contributed by atoms with Gasteiger partial charge in [0.15, 0.2) is 0 Å². The number of carbonyl (C=O) groups is 1. The minimum absolute atomic E-state index is 0.133. The number of hydrogen-bond acceptors (Lipinski definition) is 4. The maximum Gasteiger partial charge on any atom is 0.270 e. The SMILES string of the molecule is CC(C)CN(CCC#N)C(=O)c1cc([N+](=O)[O-])ccc1Br. The number of amides is 1. The van der Waals surface area contributed by atoms with Crippen molar-refractivity contribution in [2.24, 2.45) is 5.92 Å². The molecule has 0 spiro atoms. The van der Waals surface area contributed by atoms with Gasteiger partial charge in [0, 0.05) is 29.7 Å². The summed E-state index contributed by atoms with van der Waals surface area (Å²) in [4.78, 5) is 24.4. The molecule has 0 aliphatic heterocycles. The molecule has 0 atom stereocenters. The number of non-ortho nitro benzene ring substituents is 1. The van der Waals surface area contributed by atoms with E-state index in [1.807, 2.05) is 19.9 Å². The summed E-state index contributed by atoms with van der Waals surface area (Å²) in [6.07, 6.45) is 0.227. The van der Waals surface area contributed by atoms with Crippen LogP contribution in [0, 0.1) is 27.4 Å². The third kappa shape index (κ3) is 4.83. The number of halogens is 1. The average Bonchev–Trinajstić information content (AvgIpc) is 2.42.